The summed E-state index contributed by atoms with van der Waals surface area (Å²) >= 11 is 0. The van der Waals surface area contributed by atoms with E-state index in [1.54, 1.807) is 19.1 Å². The summed E-state index contributed by atoms with van der Waals surface area (Å²) in [6.45, 7) is 1.57. The molecule has 1 aromatic carbocycles. The average Bonchev–Trinajstić information content (AvgIpc) is 2.54. The fourth-order valence-corrected chi connectivity index (χ4v) is 3.57. The summed E-state index contributed by atoms with van der Waals surface area (Å²) in [5.74, 6) is -0.235. The van der Waals surface area contributed by atoms with Crippen LogP contribution in [0.25, 0.3) is 0 Å². The predicted molar refractivity (Wildman–Crippen MR) is 89.7 cm³/mol. The van der Waals surface area contributed by atoms with E-state index in [0.29, 0.717) is 12.0 Å². The summed E-state index contributed by atoms with van der Waals surface area (Å²) in [6.07, 6.45) is 4.97. The Labute approximate surface area is 138 Å². The molecule has 0 aliphatic heterocycles. The van der Waals surface area contributed by atoms with Gasteiger partial charge in [0.2, 0.25) is 0 Å². The van der Waals surface area contributed by atoms with Crippen molar-refractivity contribution >= 4 is 16.0 Å². The molecule has 1 aliphatic carbocycles. The summed E-state index contributed by atoms with van der Waals surface area (Å²) < 4.78 is 29.0. The molecule has 6 heteroatoms. The molecule has 1 saturated carbocycles. The largest absolute Gasteiger partial charge is 0.347 e. The van der Waals surface area contributed by atoms with Crippen molar-refractivity contribution < 1.29 is 17.4 Å². The highest BCUT2D eigenvalue weighted by Crippen LogP contribution is 2.22. The van der Waals surface area contributed by atoms with Gasteiger partial charge in [0.15, 0.2) is 0 Å². The molecule has 0 heterocycles. The molecule has 1 fully saturated rings. The van der Waals surface area contributed by atoms with Gasteiger partial charge in [-0.05, 0) is 31.9 Å². The highest BCUT2D eigenvalue weighted by molar-refractivity contribution is 7.86. The van der Waals surface area contributed by atoms with Crippen LogP contribution in [0, 0.1) is 0 Å². The summed E-state index contributed by atoms with van der Waals surface area (Å²) in [5.41, 5.74) is 0.576. The lowest BCUT2D eigenvalue weighted by atomic mass is 9.94. The van der Waals surface area contributed by atoms with E-state index in [0.717, 1.165) is 32.1 Å². The van der Waals surface area contributed by atoms with Crippen LogP contribution in [0.5, 0.6) is 0 Å². The first-order chi connectivity index (χ1) is 11.0. The van der Waals surface area contributed by atoms with Gasteiger partial charge in [-0.1, -0.05) is 43.9 Å². The van der Waals surface area contributed by atoms with Crippen LogP contribution in [0.4, 0.5) is 0 Å². The highest BCUT2D eigenvalue weighted by atomic mass is 32.2. The van der Waals surface area contributed by atoms with E-state index in [4.69, 9.17) is 4.18 Å². The minimum atomic E-state index is -3.53. The van der Waals surface area contributed by atoms with Crippen LogP contribution in [-0.2, 0) is 14.3 Å². The normalized spacial score (nSPS) is 22.8. The van der Waals surface area contributed by atoms with Gasteiger partial charge in [-0.15, -0.1) is 0 Å². The van der Waals surface area contributed by atoms with Crippen molar-refractivity contribution in [2.24, 2.45) is 0 Å². The number of rotatable bonds is 5. The molecule has 0 saturated heterocycles. The van der Waals surface area contributed by atoms with Crippen molar-refractivity contribution in [3.8, 4) is 0 Å². The van der Waals surface area contributed by atoms with Crippen LogP contribution in [-0.4, -0.2) is 32.2 Å². The van der Waals surface area contributed by atoms with E-state index in [9.17, 15) is 13.2 Å². The van der Waals surface area contributed by atoms with E-state index in [-0.39, 0.29) is 17.7 Å². The topological polar surface area (TPSA) is 72.5 Å². The van der Waals surface area contributed by atoms with Crippen molar-refractivity contribution in [2.75, 3.05) is 5.75 Å². The third kappa shape index (κ3) is 5.62. The summed E-state index contributed by atoms with van der Waals surface area (Å²) in [5, 5.41) is 2.97. The van der Waals surface area contributed by atoms with Crippen LogP contribution >= 0.6 is 0 Å². The quantitative estimate of drug-likeness (QED) is 0.837. The molecule has 1 amide bonds. The van der Waals surface area contributed by atoms with E-state index in [2.05, 4.69) is 5.32 Å². The van der Waals surface area contributed by atoms with E-state index in [1.165, 1.54) is 0 Å². The maximum atomic E-state index is 12.4. The molecular weight excluding hydrogens is 314 g/mol. The van der Waals surface area contributed by atoms with Crippen molar-refractivity contribution in [1.82, 2.24) is 5.32 Å². The number of amides is 1. The molecule has 0 spiro atoms. The molecule has 23 heavy (non-hydrogen) atoms. The Morgan fingerprint density at radius 3 is 2.43 bits per heavy atom. The lowest BCUT2D eigenvalue weighted by Crippen LogP contribution is -2.46. The molecule has 1 N–H and O–H groups in total. The average molecular weight is 339 g/mol. The summed E-state index contributed by atoms with van der Waals surface area (Å²) in [4.78, 5) is 12.4. The fraction of sp³-hybridized carbons (Fsp3) is 0.588. The van der Waals surface area contributed by atoms with Gasteiger partial charge in [-0.25, -0.2) is 0 Å². The Bertz CT molecular complexity index is 600. The van der Waals surface area contributed by atoms with Crippen LogP contribution in [0.3, 0.4) is 0 Å². The molecule has 2 unspecified atom stereocenters. The number of benzene rings is 1. The number of nitrogens with one attached hydrogen (secondary N) is 1. The van der Waals surface area contributed by atoms with Gasteiger partial charge in [0.1, 0.15) is 0 Å². The zero-order valence-electron chi connectivity index (χ0n) is 13.5. The van der Waals surface area contributed by atoms with Crippen molar-refractivity contribution in [3.63, 3.8) is 0 Å². The lowest BCUT2D eigenvalue weighted by molar-refractivity contribution is 0.0841. The van der Waals surface area contributed by atoms with E-state index >= 15 is 0 Å². The second-order valence-electron chi connectivity index (χ2n) is 5.92. The number of carbonyl (C=O) groups excluding carboxylic acids is 1. The molecule has 0 bridgehead atoms. The van der Waals surface area contributed by atoms with Crippen molar-refractivity contribution in [3.05, 3.63) is 35.9 Å². The van der Waals surface area contributed by atoms with Crippen LogP contribution in [0.1, 0.15) is 55.8 Å². The molecule has 1 aromatic rings. The van der Waals surface area contributed by atoms with Crippen LogP contribution < -0.4 is 5.32 Å². The smallest absolute Gasteiger partial charge is 0.267 e. The third-order valence-electron chi connectivity index (χ3n) is 4.18. The molecular formula is C17H25NO4S. The molecule has 1 aliphatic rings. The van der Waals surface area contributed by atoms with Crippen LogP contribution in [0.15, 0.2) is 30.3 Å². The summed E-state index contributed by atoms with van der Waals surface area (Å²) in [7, 11) is -3.53. The molecule has 5 nitrogen and oxygen atoms in total. The van der Waals surface area contributed by atoms with Gasteiger partial charge in [0.25, 0.3) is 16.0 Å². The first-order valence-corrected chi connectivity index (χ1v) is 9.86. The molecule has 2 atom stereocenters. The molecule has 128 valence electrons. The zero-order valence-corrected chi connectivity index (χ0v) is 14.3. The second-order valence-corrected chi connectivity index (χ2v) is 7.80. The Balaban J connectivity index is 2.10. The number of carbonyl (C=O) groups is 1. The molecule has 2 rings (SSSR count). The minimum absolute atomic E-state index is 0.0527. The fourth-order valence-electron chi connectivity index (χ4n) is 2.83. The van der Waals surface area contributed by atoms with Gasteiger partial charge in [0, 0.05) is 5.56 Å². The van der Waals surface area contributed by atoms with Gasteiger partial charge in [-0.3, -0.25) is 8.98 Å². The zero-order chi connectivity index (χ0) is 16.7. The Morgan fingerprint density at radius 2 is 1.78 bits per heavy atom. The van der Waals surface area contributed by atoms with Gasteiger partial charge in [0.05, 0.1) is 17.9 Å². The maximum Gasteiger partial charge on any atom is 0.267 e. The number of hydrogen-bond acceptors (Lipinski definition) is 4. The first-order valence-electron chi connectivity index (χ1n) is 8.28. The molecule has 0 aromatic heterocycles. The maximum absolute atomic E-state index is 12.4. The van der Waals surface area contributed by atoms with E-state index in [1.807, 2.05) is 18.2 Å². The van der Waals surface area contributed by atoms with Gasteiger partial charge in [-0.2, -0.15) is 8.42 Å². The van der Waals surface area contributed by atoms with E-state index < -0.39 is 16.2 Å². The standard InChI is InChI=1S/C17H25NO4S/c1-2-23(20,21)22-16-13-9-4-3-8-12-15(16)18-17(19)14-10-6-5-7-11-14/h5-7,10-11,15-16H,2-4,8-9,12-13H2,1H3,(H,18,19). The predicted octanol–water partition coefficient (Wildman–Crippen LogP) is 2.87. The lowest BCUT2D eigenvalue weighted by Gasteiger charge is -2.29. The van der Waals surface area contributed by atoms with Crippen molar-refractivity contribution in [1.29, 1.82) is 0 Å². The SMILES string of the molecule is CCS(=O)(=O)OC1CCCCCCC1NC(=O)c1ccccc1. The van der Waals surface area contributed by atoms with Gasteiger partial charge >= 0.3 is 0 Å². The Kier molecular flexibility index (Phi) is 6.59. The monoisotopic (exact) mass is 339 g/mol. The van der Waals surface area contributed by atoms with Crippen LogP contribution in [0.2, 0.25) is 0 Å². The Morgan fingerprint density at radius 1 is 1.13 bits per heavy atom. The van der Waals surface area contributed by atoms with Crippen molar-refractivity contribution in [2.45, 2.75) is 57.6 Å². The minimum Gasteiger partial charge on any atom is -0.347 e. The third-order valence-corrected chi connectivity index (χ3v) is 5.43. The first kappa shape index (κ1) is 17.9. The molecule has 0 radical (unpaired) electrons. The number of hydrogen-bond donors (Lipinski definition) is 1. The van der Waals surface area contributed by atoms with Gasteiger partial charge < -0.3 is 5.32 Å². The summed E-state index contributed by atoms with van der Waals surface area (Å²) in [6, 6.07) is 8.69. The highest BCUT2D eigenvalue weighted by Gasteiger charge is 2.29. The second kappa shape index (κ2) is 8.45. The Hall–Kier alpha value is -1.40.